The molecule has 2 rings (SSSR count). The lowest BCUT2D eigenvalue weighted by Crippen LogP contribution is -2.07. The van der Waals surface area contributed by atoms with E-state index >= 15 is 0 Å². The first-order valence-electron chi connectivity index (χ1n) is 4.91. The Balaban J connectivity index is 2.31. The number of carboxylic acids is 1. The zero-order valence-electron chi connectivity index (χ0n) is 8.75. The molecule has 88 valence electrons. The van der Waals surface area contributed by atoms with Crippen LogP contribution in [0.3, 0.4) is 0 Å². The van der Waals surface area contributed by atoms with E-state index in [1.807, 2.05) is 6.07 Å². The molecule has 0 saturated heterocycles. The molecule has 0 fully saturated rings. The molecular weight excluding hydrogens is 244 g/mol. The minimum Gasteiger partial charge on any atom is -0.481 e. The maximum absolute atomic E-state index is 10.5. The SMILES string of the molecule is O=C(O)CCn1nnnc1-c1ccccc1Cl. The summed E-state index contributed by atoms with van der Waals surface area (Å²) < 4.78 is 1.43. The number of tetrazole rings is 1. The van der Waals surface area contributed by atoms with Gasteiger partial charge in [0.1, 0.15) is 0 Å². The first-order valence-corrected chi connectivity index (χ1v) is 5.29. The van der Waals surface area contributed by atoms with Crippen LogP contribution < -0.4 is 0 Å². The summed E-state index contributed by atoms with van der Waals surface area (Å²) in [5.41, 5.74) is 0.685. The average Bonchev–Trinajstić information content (AvgIpc) is 2.75. The highest BCUT2D eigenvalue weighted by molar-refractivity contribution is 6.33. The van der Waals surface area contributed by atoms with Crippen molar-refractivity contribution in [1.82, 2.24) is 20.2 Å². The highest BCUT2D eigenvalue weighted by Gasteiger charge is 2.12. The van der Waals surface area contributed by atoms with Gasteiger partial charge in [-0.15, -0.1) is 5.10 Å². The van der Waals surface area contributed by atoms with Crippen molar-refractivity contribution < 1.29 is 9.90 Å². The second kappa shape index (κ2) is 4.92. The van der Waals surface area contributed by atoms with E-state index in [1.54, 1.807) is 18.2 Å². The molecule has 6 nitrogen and oxygen atoms in total. The summed E-state index contributed by atoms with van der Waals surface area (Å²) in [6.45, 7) is 0.211. The number of benzene rings is 1. The van der Waals surface area contributed by atoms with Crippen LogP contribution in [0.1, 0.15) is 6.42 Å². The molecule has 1 N–H and O–H groups in total. The van der Waals surface area contributed by atoms with Crippen LogP contribution in [0.4, 0.5) is 0 Å². The van der Waals surface area contributed by atoms with Crippen molar-refractivity contribution in [3.05, 3.63) is 29.3 Å². The lowest BCUT2D eigenvalue weighted by molar-refractivity contribution is -0.137. The molecular formula is C10H9ClN4O2. The van der Waals surface area contributed by atoms with Crippen LogP contribution in [-0.4, -0.2) is 31.3 Å². The summed E-state index contributed by atoms with van der Waals surface area (Å²) in [6, 6.07) is 7.13. The first-order chi connectivity index (χ1) is 8.18. The molecule has 2 aromatic rings. The maximum atomic E-state index is 10.5. The molecule has 0 unspecified atom stereocenters. The van der Waals surface area contributed by atoms with Crippen LogP contribution in [0.2, 0.25) is 5.02 Å². The van der Waals surface area contributed by atoms with E-state index in [-0.39, 0.29) is 13.0 Å². The molecule has 0 bridgehead atoms. The average molecular weight is 253 g/mol. The van der Waals surface area contributed by atoms with Crippen molar-refractivity contribution in [2.45, 2.75) is 13.0 Å². The van der Waals surface area contributed by atoms with Crippen molar-refractivity contribution >= 4 is 17.6 Å². The van der Waals surface area contributed by atoms with E-state index in [9.17, 15) is 4.79 Å². The Bertz CT molecular complexity index is 541. The predicted octanol–water partition coefficient (Wildman–Crippen LogP) is 1.47. The topological polar surface area (TPSA) is 80.9 Å². The highest BCUT2D eigenvalue weighted by Crippen LogP contribution is 2.24. The Morgan fingerprint density at radius 3 is 2.88 bits per heavy atom. The van der Waals surface area contributed by atoms with E-state index in [2.05, 4.69) is 15.5 Å². The Kier molecular flexibility index (Phi) is 3.34. The third-order valence-corrected chi connectivity index (χ3v) is 2.51. The number of carbonyl (C=O) groups is 1. The van der Waals surface area contributed by atoms with Crippen LogP contribution >= 0.6 is 11.6 Å². The van der Waals surface area contributed by atoms with Crippen LogP contribution in [0.15, 0.2) is 24.3 Å². The van der Waals surface area contributed by atoms with E-state index in [1.165, 1.54) is 4.68 Å². The Morgan fingerprint density at radius 2 is 2.18 bits per heavy atom. The summed E-state index contributed by atoms with van der Waals surface area (Å²) in [6.07, 6.45) is -0.0392. The van der Waals surface area contributed by atoms with E-state index < -0.39 is 5.97 Å². The van der Waals surface area contributed by atoms with Crippen molar-refractivity contribution in [2.24, 2.45) is 0 Å². The Hall–Kier alpha value is -1.95. The quantitative estimate of drug-likeness (QED) is 0.891. The summed E-state index contributed by atoms with van der Waals surface area (Å²) in [5, 5.41) is 20.3. The molecule has 7 heteroatoms. The smallest absolute Gasteiger partial charge is 0.305 e. The number of rotatable bonds is 4. The first kappa shape index (κ1) is 11.5. The highest BCUT2D eigenvalue weighted by atomic mass is 35.5. The summed E-state index contributed by atoms with van der Waals surface area (Å²) >= 11 is 6.03. The van der Waals surface area contributed by atoms with Gasteiger partial charge in [0.25, 0.3) is 0 Å². The molecule has 1 aromatic carbocycles. The maximum Gasteiger partial charge on any atom is 0.305 e. The number of nitrogens with zero attached hydrogens (tertiary/aromatic N) is 4. The molecule has 0 aliphatic heterocycles. The summed E-state index contributed by atoms with van der Waals surface area (Å²) in [7, 11) is 0. The molecule has 1 aromatic heterocycles. The van der Waals surface area contributed by atoms with Gasteiger partial charge in [0.05, 0.1) is 18.0 Å². The molecule has 17 heavy (non-hydrogen) atoms. The monoisotopic (exact) mass is 252 g/mol. The van der Waals surface area contributed by atoms with E-state index in [0.29, 0.717) is 16.4 Å². The summed E-state index contributed by atoms with van der Waals surface area (Å²) in [4.78, 5) is 10.5. The molecule has 0 radical (unpaired) electrons. The van der Waals surface area contributed by atoms with Crippen LogP contribution in [0.25, 0.3) is 11.4 Å². The summed E-state index contributed by atoms with van der Waals surface area (Å²) in [5.74, 6) is -0.428. The number of carboxylic acid groups (broad SMARTS) is 1. The largest absolute Gasteiger partial charge is 0.481 e. The Labute approximate surface area is 102 Å². The molecule has 0 saturated carbocycles. The van der Waals surface area contributed by atoms with Crippen molar-refractivity contribution in [3.63, 3.8) is 0 Å². The zero-order valence-corrected chi connectivity index (χ0v) is 9.50. The number of aryl methyl sites for hydroxylation is 1. The van der Waals surface area contributed by atoms with E-state index in [4.69, 9.17) is 16.7 Å². The molecule has 0 amide bonds. The Morgan fingerprint density at radius 1 is 1.41 bits per heavy atom. The molecule has 1 heterocycles. The number of hydrogen-bond donors (Lipinski definition) is 1. The van der Waals surface area contributed by atoms with Gasteiger partial charge in [-0.1, -0.05) is 23.7 Å². The standard InChI is InChI=1S/C10H9ClN4O2/c11-8-4-2-1-3-7(8)10-12-13-14-15(10)6-5-9(16)17/h1-4H,5-6H2,(H,16,17). The van der Waals surface area contributed by atoms with Gasteiger partial charge in [0, 0.05) is 5.56 Å². The van der Waals surface area contributed by atoms with Gasteiger partial charge < -0.3 is 5.11 Å². The third kappa shape index (κ3) is 2.59. The number of hydrogen-bond acceptors (Lipinski definition) is 4. The number of aliphatic carboxylic acids is 1. The van der Waals surface area contributed by atoms with E-state index in [0.717, 1.165) is 0 Å². The van der Waals surface area contributed by atoms with Crippen LogP contribution in [0.5, 0.6) is 0 Å². The van der Waals surface area contributed by atoms with Crippen molar-refractivity contribution in [1.29, 1.82) is 0 Å². The lowest BCUT2D eigenvalue weighted by atomic mass is 10.2. The fourth-order valence-corrected chi connectivity index (χ4v) is 1.61. The third-order valence-electron chi connectivity index (χ3n) is 2.18. The van der Waals surface area contributed by atoms with Crippen molar-refractivity contribution in [3.8, 4) is 11.4 Å². The van der Waals surface area contributed by atoms with Gasteiger partial charge in [0.15, 0.2) is 5.82 Å². The second-order valence-corrected chi connectivity index (χ2v) is 3.76. The van der Waals surface area contributed by atoms with Gasteiger partial charge in [0.2, 0.25) is 0 Å². The van der Waals surface area contributed by atoms with Gasteiger partial charge >= 0.3 is 5.97 Å². The fraction of sp³-hybridized carbons (Fsp3) is 0.200. The van der Waals surface area contributed by atoms with Gasteiger partial charge in [-0.25, -0.2) is 4.68 Å². The second-order valence-electron chi connectivity index (χ2n) is 3.35. The van der Waals surface area contributed by atoms with Crippen LogP contribution in [-0.2, 0) is 11.3 Å². The fourth-order valence-electron chi connectivity index (χ4n) is 1.39. The minimum absolute atomic E-state index is 0.0392. The predicted molar refractivity (Wildman–Crippen MR) is 60.5 cm³/mol. The molecule has 0 spiro atoms. The number of aromatic nitrogens is 4. The van der Waals surface area contributed by atoms with Crippen molar-refractivity contribution in [2.75, 3.05) is 0 Å². The molecule has 0 atom stereocenters. The minimum atomic E-state index is -0.898. The van der Waals surface area contributed by atoms with Gasteiger partial charge in [-0.05, 0) is 22.6 Å². The molecule has 0 aliphatic carbocycles. The molecule has 0 aliphatic rings. The number of halogens is 1. The normalized spacial score (nSPS) is 10.4. The van der Waals surface area contributed by atoms with Gasteiger partial charge in [-0.3, -0.25) is 4.79 Å². The zero-order chi connectivity index (χ0) is 12.3. The van der Waals surface area contributed by atoms with Gasteiger partial charge in [-0.2, -0.15) is 0 Å². The lowest BCUT2D eigenvalue weighted by Gasteiger charge is -2.04. The van der Waals surface area contributed by atoms with Crippen LogP contribution in [0, 0.1) is 0 Å².